The van der Waals surface area contributed by atoms with Crippen LogP contribution in [0.25, 0.3) is 33.4 Å². The molecule has 0 saturated carbocycles. The standard InChI is InChI=1S/C36H31NO/c1-36(2,3)34-31-22-11-13-24-33(31)38-35(34)27-17-14-20-29(25-27)37(28-18-8-5-9-19-28)32-23-12-10-21-30(32)26-15-6-4-7-16-26/h4-25H,1-3H3. The Balaban J connectivity index is 1.56. The van der Waals surface area contributed by atoms with Crippen LogP contribution in [-0.2, 0) is 5.41 Å². The van der Waals surface area contributed by atoms with E-state index in [1.54, 1.807) is 0 Å². The summed E-state index contributed by atoms with van der Waals surface area (Å²) in [7, 11) is 0. The predicted molar refractivity (Wildman–Crippen MR) is 160 cm³/mol. The third kappa shape index (κ3) is 4.39. The predicted octanol–water partition coefficient (Wildman–Crippen LogP) is 10.5. The van der Waals surface area contributed by atoms with E-state index in [1.165, 1.54) is 22.1 Å². The Hall–Kier alpha value is -4.56. The van der Waals surface area contributed by atoms with E-state index in [1.807, 2.05) is 6.07 Å². The number of furan rings is 1. The highest BCUT2D eigenvalue weighted by Gasteiger charge is 2.26. The first-order valence-corrected chi connectivity index (χ1v) is 13.1. The lowest BCUT2D eigenvalue weighted by Gasteiger charge is -2.28. The molecule has 0 bridgehead atoms. The molecule has 0 aliphatic rings. The number of nitrogens with zero attached hydrogens (tertiary/aromatic N) is 1. The molecule has 1 heterocycles. The van der Waals surface area contributed by atoms with Gasteiger partial charge in [0.25, 0.3) is 0 Å². The van der Waals surface area contributed by atoms with Gasteiger partial charge in [-0.05, 0) is 47.4 Å². The molecule has 0 saturated heterocycles. The van der Waals surface area contributed by atoms with Crippen LogP contribution in [0.1, 0.15) is 26.3 Å². The Kier molecular flexibility index (Phi) is 6.09. The van der Waals surface area contributed by atoms with Crippen LogP contribution >= 0.6 is 0 Å². The Bertz CT molecular complexity index is 1690. The smallest absolute Gasteiger partial charge is 0.139 e. The molecular formula is C36H31NO. The van der Waals surface area contributed by atoms with Gasteiger partial charge in [0, 0.05) is 33.5 Å². The second-order valence-electron chi connectivity index (χ2n) is 10.7. The highest BCUT2D eigenvalue weighted by molar-refractivity contribution is 5.92. The van der Waals surface area contributed by atoms with E-state index in [0.717, 1.165) is 34.0 Å². The third-order valence-corrected chi connectivity index (χ3v) is 6.96. The summed E-state index contributed by atoms with van der Waals surface area (Å²) in [5.41, 5.74) is 8.84. The maximum atomic E-state index is 6.53. The van der Waals surface area contributed by atoms with Crippen LogP contribution in [0, 0.1) is 0 Å². The van der Waals surface area contributed by atoms with Crippen molar-refractivity contribution in [3.8, 4) is 22.5 Å². The van der Waals surface area contributed by atoms with Crippen LogP contribution in [0.15, 0.2) is 138 Å². The maximum absolute atomic E-state index is 6.53. The number of hydrogen-bond donors (Lipinski definition) is 0. The fourth-order valence-corrected chi connectivity index (χ4v) is 5.31. The molecule has 0 atom stereocenters. The van der Waals surface area contributed by atoms with E-state index in [-0.39, 0.29) is 5.41 Å². The summed E-state index contributed by atoms with van der Waals surface area (Å²) in [6.45, 7) is 6.76. The molecule has 1 aromatic heterocycles. The van der Waals surface area contributed by atoms with Crippen molar-refractivity contribution in [2.24, 2.45) is 0 Å². The normalized spacial score (nSPS) is 11.6. The van der Waals surface area contributed by atoms with Crippen molar-refractivity contribution >= 4 is 28.0 Å². The summed E-state index contributed by atoms with van der Waals surface area (Å²) in [6.07, 6.45) is 0. The largest absolute Gasteiger partial charge is 0.456 e. The molecule has 0 spiro atoms. The first-order valence-electron chi connectivity index (χ1n) is 13.1. The molecule has 6 aromatic rings. The zero-order chi connectivity index (χ0) is 26.1. The molecule has 38 heavy (non-hydrogen) atoms. The van der Waals surface area contributed by atoms with Crippen molar-refractivity contribution in [3.05, 3.63) is 139 Å². The van der Waals surface area contributed by atoms with Crippen molar-refractivity contribution in [1.82, 2.24) is 0 Å². The van der Waals surface area contributed by atoms with Gasteiger partial charge in [-0.2, -0.15) is 0 Å². The van der Waals surface area contributed by atoms with E-state index in [2.05, 4.69) is 153 Å². The van der Waals surface area contributed by atoms with E-state index in [0.29, 0.717) is 0 Å². The number of hydrogen-bond acceptors (Lipinski definition) is 2. The van der Waals surface area contributed by atoms with Crippen LogP contribution in [-0.4, -0.2) is 0 Å². The Morgan fingerprint density at radius 3 is 1.92 bits per heavy atom. The fourth-order valence-electron chi connectivity index (χ4n) is 5.31. The maximum Gasteiger partial charge on any atom is 0.139 e. The number of anilines is 3. The average molecular weight is 494 g/mol. The molecule has 0 fully saturated rings. The van der Waals surface area contributed by atoms with Crippen molar-refractivity contribution in [1.29, 1.82) is 0 Å². The Morgan fingerprint density at radius 1 is 0.553 bits per heavy atom. The van der Waals surface area contributed by atoms with Crippen molar-refractivity contribution in [2.45, 2.75) is 26.2 Å². The highest BCUT2D eigenvalue weighted by atomic mass is 16.3. The summed E-state index contributed by atoms with van der Waals surface area (Å²) >= 11 is 0. The Morgan fingerprint density at radius 2 is 1.16 bits per heavy atom. The van der Waals surface area contributed by atoms with Gasteiger partial charge in [-0.3, -0.25) is 0 Å². The second-order valence-corrected chi connectivity index (χ2v) is 10.7. The van der Waals surface area contributed by atoms with E-state index < -0.39 is 0 Å². The second kappa shape index (κ2) is 9.72. The van der Waals surface area contributed by atoms with Crippen LogP contribution in [0.5, 0.6) is 0 Å². The minimum Gasteiger partial charge on any atom is -0.456 e. The number of para-hydroxylation sites is 3. The lowest BCUT2D eigenvalue weighted by molar-refractivity contribution is 0.568. The SMILES string of the molecule is CC(C)(C)c1c(-c2cccc(N(c3ccccc3)c3ccccc3-c3ccccc3)c2)oc2ccccc12. The summed E-state index contributed by atoms with van der Waals surface area (Å²) in [5.74, 6) is 0.935. The molecule has 186 valence electrons. The highest BCUT2D eigenvalue weighted by Crippen LogP contribution is 2.44. The topological polar surface area (TPSA) is 16.4 Å². The van der Waals surface area contributed by atoms with Crippen LogP contribution in [0.3, 0.4) is 0 Å². The molecule has 6 rings (SSSR count). The number of rotatable bonds is 5. The van der Waals surface area contributed by atoms with Gasteiger partial charge in [-0.15, -0.1) is 0 Å². The van der Waals surface area contributed by atoms with E-state index in [4.69, 9.17) is 4.42 Å². The molecule has 0 unspecified atom stereocenters. The minimum atomic E-state index is -0.0725. The third-order valence-electron chi connectivity index (χ3n) is 6.96. The van der Waals surface area contributed by atoms with Crippen molar-refractivity contribution in [3.63, 3.8) is 0 Å². The molecule has 0 N–H and O–H groups in total. The van der Waals surface area contributed by atoms with Gasteiger partial charge < -0.3 is 9.32 Å². The van der Waals surface area contributed by atoms with Gasteiger partial charge in [0.15, 0.2) is 0 Å². The molecular weight excluding hydrogens is 462 g/mol. The monoisotopic (exact) mass is 493 g/mol. The summed E-state index contributed by atoms with van der Waals surface area (Å²) in [5, 5.41) is 1.18. The molecule has 0 amide bonds. The van der Waals surface area contributed by atoms with Crippen LogP contribution in [0.4, 0.5) is 17.1 Å². The molecule has 0 radical (unpaired) electrons. The van der Waals surface area contributed by atoms with E-state index >= 15 is 0 Å². The fraction of sp³-hybridized carbons (Fsp3) is 0.111. The zero-order valence-corrected chi connectivity index (χ0v) is 22.1. The minimum absolute atomic E-state index is 0.0725. The van der Waals surface area contributed by atoms with Gasteiger partial charge in [-0.25, -0.2) is 0 Å². The molecule has 5 aromatic carbocycles. The summed E-state index contributed by atoms with van der Waals surface area (Å²) < 4.78 is 6.53. The molecule has 2 heteroatoms. The van der Waals surface area contributed by atoms with Gasteiger partial charge >= 0.3 is 0 Å². The van der Waals surface area contributed by atoms with E-state index in [9.17, 15) is 0 Å². The van der Waals surface area contributed by atoms with Crippen LogP contribution < -0.4 is 4.90 Å². The number of fused-ring (bicyclic) bond motifs is 1. The quantitative estimate of drug-likeness (QED) is 0.237. The molecule has 2 nitrogen and oxygen atoms in total. The van der Waals surface area contributed by atoms with Crippen LogP contribution in [0.2, 0.25) is 0 Å². The van der Waals surface area contributed by atoms with Crippen molar-refractivity contribution in [2.75, 3.05) is 4.90 Å². The molecule has 0 aliphatic heterocycles. The van der Waals surface area contributed by atoms with Crippen molar-refractivity contribution < 1.29 is 4.42 Å². The molecule has 0 aliphatic carbocycles. The first-order chi connectivity index (χ1) is 18.5. The van der Waals surface area contributed by atoms with Gasteiger partial charge in [-0.1, -0.05) is 118 Å². The van der Waals surface area contributed by atoms with Gasteiger partial charge in [0.05, 0.1) is 5.69 Å². The Labute approximate surface area is 224 Å². The lowest BCUT2D eigenvalue weighted by Crippen LogP contribution is -2.12. The average Bonchev–Trinajstić information content (AvgIpc) is 3.36. The number of benzene rings is 5. The lowest BCUT2D eigenvalue weighted by atomic mass is 9.83. The summed E-state index contributed by atoms with van der Waals surface area (Å²) in [6, 6.07) is 46.8. The van der Waals surface area contributed by atoms with Gasteiger partial charge in [0.1, 0.15) is 11.3 Å². The summed E-state index contributed by atoms with van der Waals surface area (Å²) in [4.78, 5) is 2.34. The zero-order valence-electron chi connectivity index (χ0n) is 22.1. The first kappa shape index (κ1) is 23.8. The van der Waals surface area contributed by atoms with Gasteiger partial charge in [0.2, 0.25) is 0 Å².